The fourth-order valence-corrected chi connectivity index (χ4v) is 2.81. The van der Waals surface area contributed by atoms with Crippen molar-refractivity contribution in [3.05, 3.63) is 59.2 Å². The first-order chi connectivity index (χ1) is 11.7. The van der Waals surface area contributed by atoms with Crippen molar-refractivity contribution in [2.24, 2.45) is 0 Å². The highest BCUT2D eigenvalue weighted by molar-refractivity contribution is 5.94. The van der Waals surface area contributed by atoms with Gasteiger partial charge in [-0.25, -0.2) is 9.97 Å². The SMILES string of the molecule is COCc1cccc(C(=O)N2CCOC(c3ccnc(C)n3)C2)c1. The van der Waals surface area contributed by atoms with Crippen molar-refractivity contribution < 1.29 is 14.3 Å². The maximum absolute atomic E-state index is 12.8. The van der Waals surface area contributed by atoms with Crippen LogP contribution < -0.4 is 0 Å². The summed E-state index contributed by atoms with van der Waals surface area (Å²) >= 11 is 0. The molecule has 1 aromatic carbocycles. The van der Waals surface area contributed by atoms with E-state index < -0.39 is 0 Å². The Morgan fingerprint density at radius 1 is 1.42 bits per heavy atom. The van der Waals surface area contributed by atoms with Gasteiger partial charge in [0, 0.05) is 25.4 Å². The van der Waals surface area contributed by atoms with E-state index in [1.807, 2.05) is 42.2 Å². The molecule has 24 heavy (non-hydrogen) atoms. The van der Waals surface area contributed by atoms with Crippen molar-refractivity contribution in [2.45, 2.75) is 19.6 Å². The quantitative estimate of drug-likeness (QED) is 0.861. The molecule has 1 aliphatic heterocycles. The van der Waals surface area contributed by atoms with E-state index in [1.54, 1.807) is 13.3 Å². The maximum Gasteiger partial charge on any atom is 0.254 e. The van der Waals surface area contributed by atoms with Crippen LogP contribution in [0.3, 0.4) is 0 Å². The average molecular weight is 327 g/mol. The number of aryl methyl sites for hydroxylation is 1. The molecule has 1 amide bonds. The monoisotopic (exact) mass is 327 g/mol. The molecule has 6 heteroatoms. The second-order valence-electron chi connectivity index (χ2n) is 5.77. The highest BCUT2D eigenvalue weighted by Gasteiger charge is 2.27. The fraction of sp³-hybridized carbons (Fsp3) is 0.389. The van der Waals surface area contributed by atoms with Crippen molar-refractivity contribution in [1.82, 2.24) is 14.9 Å². The molecule has 0 spiro atoms. The summed E-state index contributed by atoms with van der Waals surface area (Å²) < 4.78 is 10.9. The van der Waals surface area contributed by atoms with Crippen LogP contribution >= 0.6 is 0 Å². The Bertz CT molecular complexity index is 720. The van der Waals surface area contributed by atoms with Gasteiger partial charge in [0.15, 0.2) is 0 Å². The second-order valence-corrected chi connectivity index (χ2v) is 5.77. The average Bonchev–Trinajstić information content (AvgIpc) is 2.62. The summed E-state index contributed by atoms with van der Waals surface area (Å²) in [5.74, 6) is 0.707. The molecule has 0 radical (unpaired) electrons. The Balaban J connectivity index is 1.74. The second kappa shape index (κ2) is 7.51. The molecule has 0 saturated carbocycles. The Morgan fingerprint density at radius 2 is 2.29 bits per heavy atom. The van der Waals surface area contributed by atoms with Gasteiger partial charge in [-0.05, 0) is 30.7 Å². The van der Waals surface area contributed by atoms with Crippen molar-refractivity contribution in [1.29, 1.82) is 0 Å². The number of aromatic nitrogens is 2. The molecule has 1 unspecified atom stereocenters. The van der Waals surface area contributed by atoms with Crippen molar-refractivity contribution in [3.63, 3.8) is 0 Å². The van der Waals surface area contributed by atoms with Gasteiger partial charge in [0.25, 0.3) is 5.91 Å². The van der Waals surface area contributed by atoms with Gasteiger partial charge < -0.3 is 14.4 Å². The number of hydrogen-bond donors (Lipinski definition) is 0. The summed E-state index contributed by atoms with van der Waals surface area (Å²) in [7, 11) is 1.64. The third-order valence-corrected chi connectivity index (χ3v) is 3.97. The molecular formula is C18H21N3O3. The topological polar surface area (TPSA) is 64.5 Å². The Kier molecular flexibility index (Phi) is 5.17. The van der Waals surface area contributed by atoms with Crippen LogP contribution in [0.5, 0.6) is 0 Å². The standard InChI is InChI=1S/C18H21N3O3/c1-13-19-7-6-16(20-13)17-11-21(8-9-24-17)18(22)15-5-3-4-14(10-15)12-23-2/h3-7,10,17H,8-9,11-12H2,1-2H3. The molecule has 0 bridgehead atoms. The molecule has 1 aliphatic rings. The molecule has 1 atom stereocenters. The lowest BCUT2D eigenvalue weighted by atomic mass is 10.1. The van der Waals surface area contributed by atoms with E-state index >= 15 is 0 Å². The Labute approximate surface area is 141 Å². The van der Waals surface area contributed by atoms with E-state index in [2.05, 4.69) is 9.97 Å². The van der Waals surface area contributed by atoms with Crippen molar-refractivity contribution >= 4 is 5.91 Å². The molecule has 126 valence electrons. The Hall–Kier alpha value is -2.31. The smallest absolute Gasteiger partial charge is 0.254 e. The highest BCUT2D eigenvalue weighted by Crippen LogP contribution is 2.22. The minimum absolute atomic E-state index is 0.00651. The van der Waals surface area contributed by atoms with Crippen molar-refractivity contribution in [2.75, 3.05) is 26.8 Å². The molecule has 6 nitrogen and oxygen atoms in total. The normalized spacial score (nSPS) is 17.8. The first-order valence-corrected chi connectivity index (χ1v) is 7.95. The summed E-state index contributed by atoms with van der Waals surface area (Å²) in [5.41, 5.74) is 2.47. The summed E-state index contributed by atoms with van der Waals surface area (Å²) in [5, 5.41) is 0. The van der Waals surface area contributed by atoms with Gasteiger partial charge in [0.1, 0.15) is 11.9 Å². The van der Waals surface area contributed by atoms with E-state index in [0.717, 1.165) is 11.3 Å². The number of carbonyl (C=O) groups is 1. The first kappa shape index (κ1) is 16.5. The summed E-state index contributed by atoms with van der Waals surface area (Å²) in [4.78, 5) is 23.1. The summed E-state index contributed by atoms with van der Waals surface area (Å²) in [6.07, 6.45) is 1.50. The molecule has 0 N–H and O–H groups in total. The number of amides is 1. The predicted octanol–water partition coefficient (Wildman–Crippen LogP) is 2.15. The number of nitrogens with zero attached hydrogens (tertiary/aromatic N) is 3. The lowest BCUT2D eigenvalue weighted by molar-refractivity contribution is -0.0248. The molecule has 2 heterocycles. The van der Waals surface area contributed by atoms with Crippen LogP contribution in [0.2, 0.25) is 0 Å². The minimum atomic E-state index is -0.216. The lowest BCUT2D eigenvalue weighted by Crippen LogP contribution is -2.42. The largest absolute Gasteiger partial charge is 0.380 e. The van der Waals surface area contributed by atoms with Gasteiger partial charge in [-0.1, -0.05) is 12.1 Å². The zero-order valence-electron chi connectivity index (χ0n) is 13.9. The van der Waals surface area contributed by atoms with Crippen LogP contribution in [0.1, 0.15) is 33.5 Å². The van der Waals surface area contributed by atoms with Gasteiger partial charge in [0.2, 0.25) is 0 Å². The van der Waals surface area contributed by atoms with E-state index in [1.165, 1.54) is 0 Å². The highest BCUT2D eigenvalue weighted by atomic mass is 16.5. The van der Waals surface area contributed by atoms with Crippen molar-refractivity contribution in [3.8, 4) is 0 Å². The number of hydrogen-bond acceptors (Lipinski definition) is 5. The van der Waals surface area contributed by atoms with E-state index in [4.69, 9.17) is 9.47 Å². The number of ether oxygens (including phenoxy) is 2. The Morgan fingerprint density at radius 3 is 3.08 bits per heavy atom. The van der Waals surface area contributed by atoms with Gasteiger partial charge >= 0.3 is 0 Å². The molecule has 2 aromatic rings. The van der Waals surface area contributed by atoms with Gasteiger partial charge in [-0.15, -0.1) is 0 Å². The van der Waals surface area contributed by atoms with Crippen LogP contribution in [-0.2, 0) is 16.1 Å². The van der Waals surface area contributed by atoms with Crippen LogP contribution in [0.15, 0.2) is 36.5 Å². The van der Waals surface area contributed by atoms with Crippen LogP contribution in [-0.4, -0.2) is 47.6 Å². The zero-order valence-corrected chi connectivity index (χ0v) is 13.9. The number of methoxy groups -OCH3 is 1. The fourth-order valence-electron chi connectivity index (χ4n) is 2.81. The first-order valence-electron chi connectivity index (χ1n) is 7.95. The van der Waals surface area contributed by atoms with Crippen LogP contribution in [0.4, 0.5) is 0 Å². The molecule has 0 aliphatic carbocycles. The van der Waals surface area contributed by atoms with Gasteiger partial charge in [-0.3, -0.25) is 4.79 Å². The van der Waals surface area contributed by atoms with Gasteiger partial charge in [-0.2, -0.15) is 0 Å². The van der Waals surface area contributed by atoms with Gasteiger partial charge in [0.05, 0.1) is 25.5 Å². The molecule has 1 saturated heterocycles. The lowest BCUT2D eigenvalue weighted by Gasteiger charge is -2.32. The van der Waals surface area contributed by atoms with Crippen LogP contribution in [0, 0.1) is 6.92 Å². The third kappa shape index (κ3) is 3.77. The van der Waals surface area contributed by atoms with E-state index in [-0.39, 0.29) is 12.0 Å². The zero-order chi connectivity index (χ0) is 16.9. The summed E-state index contributed by atoms with van der Waals surface area (Å²) in [6.45, 7) is 3.90. The predicted molar refractivity (Wildman–Crippen MR) is 88.5 cm³/mol. The number of carbonyl (C=O) groups excluding carboxylic acids is 1. The number of rotatable bonds is 4. The molecule has 1 aromatic heterocycles. The number of morpholine rings is 1. The summed E-state index contributed by atoms with van der Waals surface area (Å²) in [6, 6.07) is 9.39. The van der Waals surface area contributed by atoms with E-state index in [9.17, 15) is 4.79 Å². The third-order valence-electron chi connectivity index (χ3n) is 3.97. The van der Waals surface area contributed by atoms with E-state index in [0.29, 0.717) is 37.7 Å². The molecule has 1 fully saturated rings. The van der Waals surface area contributed by atoms with Crippen LogP contribution in [0.25, 0.3) is 0 Å². The molecule has 3 rings (SSSR count). The minimum Gasteiger partial charge on any atom is -0.380 e. The molecular weight excluding hydrogens is 306 g/mol. The number of benzene rings is 1. The maximum atomic E-state index is 12.8.